The SMILES string of the molecule is CCOC(=O)c1cc2ccc(N3CCN(C4CCCC4)CC3)nc2[nH]1. The summed E-state index contributed by atoms with van der Waals surface area (Å²) in [4.78, 5) is 24.7. The van der Waals surface area contributed by atoms with Gasteiger partial charge in [-0.15, -0.1) is 0 Å². The second-order valence-corrected chi connectivity index (χ2v) is 6.97. The Morgan fingerprint density at radius 3 is 2.72 bits per heavy atom. The number of hydrogen-bond donors (Lipinski definition) is 1. The number of fused-ring (bicyclic) bond motifs is 1. The number of anilines is 1. The minimum atomic E-state index is -0.327. The van der Waals surface area contributed by atoms with Crippen LogP contribution in [0.15, 0.2) is 18.2 Å². The van der Waals surface area contributed by atoms with E-state index in [4.69, 9.17) is 9.72 Å². The highest BCUT2D eigenvalue weighted by Gasteiger charge is 2.26. The number of hydrogen-bond acceptors (Lipinski definition) is 5. The zero-order chi connectivity index (χ0) is 17.2. The lowest BCUT2D eigenvalue weighted by Gasteiger charge is -2.38. The fourth-order valence-electron chi connectivity index (χ4n) is 4.08. The predicted octanol–water partition coefficient (Wildman–Crippen LogP) is 2.80. The predicted molar refractivity (Wildman–Crippen MR) is 98.1 cm³/mol. The van der Waals surface area contributed by atoms with Crippen molar-refractivity contribution in [2.24, 2.45) is 0 Å². The van der Waals surface area contributed by atoms with Crippen molar-refractivity contribution in [2.75, 3.05) is 37.7 Å². The summed E-state index contributed by atoms with van der Waals surface area (Å²) in [7, 11) is 0. The number of piperazine rings is 1. The Balaban J connectivity index is 1.45. The van der Waals surface area contributed by atoms with E-state index in [-0.39, 0.29) is 5.97 Å². The van der Waals surface area contributed by atoms with Gasteiger partial charge in [0.25, 0.3) is 0 Å². The molecule has 2 aromatic rings. The van der Waals surface area contributed by atoms with Crippen molar-refractivity contribution in [3.63, 3.8) is 0 Å². The standard InChI is InChI=1S/C19H26N4O2/c1-2-25-19(24)16-13-14-7-8-17(21-18(14)20-16)23-11-9-22(10-12-23)15-5-3-4-6-15/h7-8,13,15H,2-6,9-12H2,1H3,(H,20,21). The van der Waals surface area contributed by atoms with Gasteiger partial charge in [0.15, 0.2) is 0 Å². The van der Waals surface area contributed by atoms with Gasteiger partial charge in [-0.3, -0.25) is 4.90 Å². The highest BCUT2D eigenvalue weighted by atomic mass is 16.5. The number of aromatic amines is 1. The molecule has 0 amide bonds. The maximum Gasteiger partial charge on any atom is 0.354 e. The van der Waals surface area contributed by atoms with Crippen molar-refractivity contribution in [1.82, 2.24) is 14.9 Å². The van der Waals surface area contributed by atoms with Crippen LogP contribution in [0, 0.1) is 0 Å². The van der Waals surface area contributed by atoms with E-state index in [1.165, 1.54) is 25.7 Å². The van der Waals surface area contributed by atoms with Crippen molar-refractivity contribution in [3.05, 3.63) is 23.9 Å². The lowest BCUT2D eigenvalue weighted by Crippen LogP contribution is -2.49. The minimum absolute atomic E-state index is 0.327. The molecule has 2 aliphatic rings. The molecular weight excluding hydrogens is 316 g/mol. The molecule has 1 aliphatic carbocycles. The van der Waals surface area contributed by atoms with Crippen molar-refractivity contribution >= 4 is 22.8 Å². The number of ether oxygens (including phenoxy) is 1. The smallest absolute Gasteiger partial charge is 0.354 e. The van der Waals surface area contributed by atoms with Gasteiger partial charge in [-0.1, -0.05) is 12.8 Å². The molecule has 0 spiro atoms. The highest BCUT2D eigenvalue weighted by Crippen LogP contribution is 2.26. The summed E-state index contributed by atoms with van der Waals surface area (Å²) in [6.45, 7) is 6.44. The Kier molecular flexibility index (Phi) is 4.61. The van der Waals surface area contributed by atoms with Gasteiger partial charge in [-0.2, -0.15) is 0 Å². The van der Waals surface area contributed by atoms with Crippen LogP contribution in [0.3, 0.4) is 0 Å². The molecule has 6 nitrogen and oxygen atoms in total. The number of nitrogens with one attached hydrogen (secondary N) is 1. The molecule has 1 saturated heterocycles. The van der Waals surface area contributed by atoms with E-state index in [0.717, 1.165) is 49.1 Å². The molecule has 4 rings (SSSR count). The first kappa shape index (κ1) is 16.4. The molecule has 2 fully saturated rings. The number of pyridine rings is 1. The van der Waals surface area contributed by atoms with Gasteiger partial charge in [0.2, 0.25) is 0 Å². The fourth-order valence-corrected chi connectivity index (χ4v) is 4.08. The van der Waals surface area contributed by atoms with Gasteiger partial charge in [0.1, 0.15) is 17.2 Å². The Morgan fingerprint density at radius 1 is 1.24 bits per heavy atom. The summed E-state index contributed by atoms with van der Waals surface area (Å²) in [6.07, 6.45) is 5.50. The monoisotopic (exact) mass is 342 g/mol. The third kappa shape index (κ3) is 3.35. The lowest BCUT2D eigenvalue weighted by molar-refractivity contribution is 0.0520. The van der Waals surface area contributed by atoms with Crippen LogP contribution in [0.2, 0.25) is 0 Å². The molecule has 0 aromatic carbocycles. The average Bonchev–Trinajstić information content (AvgIpc) is 3.31. The van der Waals surface area contributed by atoms with Crippen molar-refractivity contribution in [2.45, 2.75) is 38.6 Å². The summed E-state index contributed by atoms with van der Waals surface area (Å²) in [5, 5.41) is 0.941. The Bertz CT molecular complexity index is 743. The van der Waals surface area contributed by atoms with Crippen LogP contribution in [-0.4, -0.2) is 59.7 Å². The molecule has 0 atom stereocenters. The summed E-state index contributed by atoms with van der Waals surface area (Å²) in [5.74, 6) is 0.656. The van der Waals surface area contributed by atoms with Crippen molar-refractivity contribution < 1.29 is 9.53 Å². The summed E-state index contributed by atoms with van der Waals surface area (Å²) in [6, 6.07) is 6.69. The van der Waals surface area contributed by atoms with E-state index in [1.807, 2.05) is 19.1 Å². The average molecular weight is 342 g/mol. The normalized spacial score (nSPS) is 19.6. The molecule has 3 heterocycles. The topological polar surface area (TPSA) is 61.5 Å². The largest absolute Gasteiger partial charge is 0.461 e. The van der Waals surface area contributed by atoms with Crippen LogP contribution in [0.4, 0.5) is 5.82 Å². The van der Waals surface area contributed by atoms with Gasteiger partial charge >= 0.3 is 5.97 Å². The summed E-state index contributed by atoms with van der Waals surface area (Å²) in [5.41, 5.74) is 1.21. The maximum absolute atomic E-state index is 11.9. The minimum Gasteiger partial charge on any atom is -0.461 e. The highest BCUT2D eigenvalue weighted by molar-refractivity contribution is 5.94. The summed E-state index contributed by atoms with van der Waals surface area (Å²) >= 11 is 0. The van der Waals surface area contributed by atoms with Gasteiger partial charge in [-0.25, -0.2) is 9.78 Å². The molecule has 0 bridgehead atoms. The number of aromatic nitrogens is 2. The number of esters is 1. The van der Waals surface area contributed by atoms with Gasteiger partial charge in [0, 0.05) is 37.6 Å². The van der Waals surface area contributed by atoms with Gasteiger partial charge < -0.3 is 14.6 Å². The number of carbonyl (C=O) groups excluding carboxylic acids is 1. The third-order valence-electron chi connectivity index (χ3n) is 5.44. The number of rotatable bonds is 4. The van der Waals surface area contributed by atoms with Gasteiger partial charge in [-0.05, 0) is 38.0 Å². The van der Waals surface area contributed by atoms with E-state index < -0.39 is 0 Å². The Morgan fingerprint density at radius 2 is 2.00 bits per heavy atom. The maximum atomic E-state index is 11.9. The molecule has 2 aromatic heterocycles. The molecule has 25 heavy (non-hydrogen) atoms. The van der Waals surface area contributed by atoms with Crippen LogP contribution < -0.4 is 4.90 Å². The Labute approximate surface area is 148 Å². The molecule has 0 unspecified atom stereocenters. The van der Waals surface area contributed by atoms with E-state index in [1.54, 1.807) is 0 Å². The van der Waals surface area contributed by atoms with Crippen LogP contribution in [0.5, 0.6) is 0 Å². The molecule has 1 aliphatic heterocycles. The molecule has 0 radical (unpaired) electrons. The molecule has 6 heteroatoms. The molecular formula is C19H26N4O2. The van der Waals surface area contributed by atoms with E-state index >= 15 is 0 Å². The van der Waals surface area contributed by atoms with E-state index in [9.17, 15) is 4.79 Å². The van der Waals surface area contributed by atoms with Crippen LogP contribution >= 0.6 is 0 Å². The quantitative estimate of drug-likeness (QED) is 0.866. The first-order chi connectivity index (χ1) is 12.2. The number of nitrogens with zero attached hydrogens (tertiary/aromatic N) is 3. The van der Waals surface area contributed by atoms with Crippen LogP contribution in [0.1, 0.15) is 43.1 Å². The van der Waals surface area contributed by atoms with E-state index in [0.29, 0.717) is 12.3 Å². The van der Waals surface area contributed by atoms with Gasteiger partial charge in [0.05, 0.1) is 6.61 Å². The molecule has 1 saturated carbocycles. The fraction of sp³-hybridized carbons (Fsp3) is 0.579. The number of H-pyrrole nitrogens is 1. The summed E-state index contributed by atoms with van der Waals surface area (Å²) < 4.78 is 5.05. The van der Waals surface area contributed by atoms with Crippen LogP contribution in [-0.2, 0) is 4.74 Å². The zero-order valence-corrected chi connectivity index (χ0v) is 14.8. The second-order valence-electron chi connectivity index (χ2n) is 6.97. The lowest BCUT2D eigenvalue weighted by atomic mass is 10.2. The second kappa shape index (κ2) is 7.04. The molecule has 1 N–H and O–H groups in total. The van der Waals surface area contributed by atoms with Crippen molar-refractivity contribution in [3.8, 4) is 0 Å². The van der Waals surface area contributed by atoms with Crippen LogP contribution in [0.25, 0.3) is 11.0 Å². The Hall–Kier alpha value is -2.08. The first-order valence-electron chi connectivity index (χ1n) is 9.40. The third-order valence-corrected chi connectivity index (χ3v) is 5.44. The van der Waals surface area contributed by atoms with Crippen molar-refractivity contribution in [1.29, 1.82) is 0 Å². The van der Waals surface area contributed by atoms with E-state index in [2.05, 4.69) is 20.9 Å². The number of carbonyl (C=O) groups is 1. The molecule has 134 valence electrons. The first-order valence-corrected chi connectivity index (χ1v) is 9.40. The zero-order valence-electron chi connectivity index (χ0n) is 14.8.